The van der Waals surface area contributed by atoms with Gasteiger partial charge in [0, 0.05) is 31.0 Å². The van der Waals surface area contributed by atoms with Crippen LogP contribution in [0.1, 0.15) is 28.9 Å². The predicted octanol–water partition coefficient (Wildman–Crippen LogP) is 2.01. The number of hydrogen-bond acceptors (Lipinski definition) is 3. The van der Waals surface area contributed by atoms with Crippen molar-refractivity contribution in [3.8, 4) is 0 Å². The van der Waals surface area contributed by atoms with Crippen molar-refractivity contribution in [1.82, 2.24) is 14.8 Å². The lowest BCUT2D eigenvalue weighted by atomic mass is 9.98. The SMILES string of the molecule is Cc1cc(F)cc2[nH]c(C(=O)N(C)CC(=O)N3CCCC(C(=O)O)C3)cc12. The summed E-state index contributed by atoms with van der Waals surface area (Å²) in [5.41, 5.74) is 1.51. The number of nitrogens with zero attached hydrogens (tertiary/aromatic N) is 2. The first kappa shape index (κ1) is 18.9. The third-order valence-electron chi connectivity index (χ3n) is 4.98. The number of hydrogen-bond donors (Lipinski definition) is 2. The fourth-order valence-electron chi connectivity index (χ4n) is 3.48. The number of aliphatic carboxylic acids is 1. The van der Waals surface area contributed by atoms with Crippen LogP contribution in [0, 0.1) is 18.7 Å². The number of piperidine rings is 1. The molecule has 2 aromatic rings. The van der Waals surface area contributed by atoms with E-state index in [0.717, 1.165) is 5.39 Å². The average molecular weight is 375 g/mol. The van der Waals surface area contributed by atoms with E-state index < -0.39 is 11.9 Å². The van der Waals surface area contributed by atoms with Gasteiger partial charge in [-0.05, 0) is 43.5 Å². The number of halogens is 1. The van der Waals surface area contributed by atoms with E-state index in [9.17, 15) is 18.8 Å². The Hall–Kier alpha value is -2.90. The molecule has 0 radical (unpaired) electrons. The maximum Gasteiger partial charge on any atom is 0.308 e. The maximum atomic E-state index is 13.5. The molecule has 1 aliphatic heterocycles. The summed E-state index contributed by atoms with van der Waals surface area (Å²) in [5, 5.41) is 9.88. The number of carbonyl (C=O) groups is 3. The molecule has 1 aliphatic rings. The van der Waals surface area contributed by atoms with Crippen molar-refractivity contribution >= 4 is 28.7 Å². The molecule has 1 saturated heterocycles. The van der Waals surface area contributed by atoms with Crippen LogP contribution < -0.4 is 0 Å². The first-order valence-corrected chi connectivity index (χ1v) is 8.81. The summed E-state index contributed by atoms with van der Waals surface area (Å²) in [6.45, 7) is 2.28. The molecule has 0 bridgehead atoms. The molecule has 1 aromatic carbocycles. The van der Waals surface area contributed by atoms with E-state index in [1.54, 1.807) is 13.0 Å². The first-order chi connectivity index (χ1) is 12.8. The normalized spacial score (nSPS) is 17.1. The molecule has 1 aromatic heterocycles. The van der Waals surface area contributed by atoms with Crippen molar-refractivity contribution < 1.29 is 23.9 Å². The van der Waals surface area contributed by atoms with Gasteiger partial charge in [0.1, 0.15) is 11.5 Å². The second-order valence-corrected chi connectivity index (χ2v) is 7.05. The number of fused-ring (bicyclic) bond motifs is 1. The van der Waals surface area contributed by atoms with Crippen LogP contribution in [-0.4, -0.2) is 64.4 Å². The molecule has 1 fully saturated rings. The van der Waals surface area contributed by atoms with Gasteiger partial charge in [-0.2, -0.15) is 0 Å². The van der Waals surface area contributed by atoms with Crippen LogP contribution in [0.2, 0.25) is 0 Å². The Bertz CT molecular complexity index is 908. The number of likely N-dealkylation sites (tertiary alicyclic amines) is 1. The van der Waals surface area contributed by atoms with E-state index in [2.05, 4.69) is 4.98 Å². The molecule has 2 heterocycles. The van der Waals surface area contributed by atoms with Crippen LogP contribution in [0.3, 0.4) is 0 Å². The lowest BCUT2D eigenvalue weighted by molar-refractivity contribution is -0.145. The second-order valence-electron chi connectivity index (χ2n) is 7.05. The maximum absolute atomic E-state index is 13.5. The topological polar surface area (TPSA) is 93.7 Å². The lowest BCUT2D eigenvalue weighted by Gasteiger charge is -2.31. The van der Waals surface area contributed by atoms with Gasteiger partial charge >= 0.3 is 5.97 Å². The minimum atomic E-state index is -0.905. The standard InChI is InChI=1S/C19H22FN3O4/c1-11-6-13(20)7-15-14(11)8-16(21-15)18(25)22(2)10-17(24)23-5-3-4-12(9-23)19(26)27/h6-8,12,21H,3-5,9-10H2,1-2H3,(H,26,27). The molecular formula is C19H22FN3O4. The van der Waals surface area contributed by atoms with Gasteiger partial charge in [-0.3, -0.25) is 14.4 Å². The Morgan fingerprint density at radius 3 is 2.78 bits per heavy atom. The number of aromatic nitrogens is 1. The number of rotatable bonds is 4. The number of carboxylic acids is 1. The molecule has 2 N–H and O–H groups in total. The van der Waals surface area contributed by atoms with Gasteiger partial charge in [0.25, 0.3) is 5.91 Å². The molecule has 2 amide bonds. The average Bonchev–Trinajstić information content (AvgIpc) is 3.05. The van der Waals surface area contributed by atoms with Gasteiger partial charge in [-0.25, -0.2) is 4.39 Å². The summed E-state index contributed by atoms with van der Waals surface area (Å²) < 4.78 is 13.5. The number of benzene rings is 1. The molecule has 1 atom stereocenters. The zero-order valence-corrected chi connectivity index (χ0v) is 15.3. The number of carboxylic acid groups (broad SMARTS) is 1. The fraction of sp³-hybridized carbons (Fsp3) is 0.421. The number of H-pyrrole nitrogens is 1. The summed E-state index contributed by atoms with van der Waals surface area (Å²) >= 11 is 0. The Labute approximate surface area is 155 Å². The quantitative estimate of drug-likeness (QED) is 0.855. The van der Waals surface area contributed by atoms with Gasteiger partial charge < -0.3 is 19.9 Å². The summed E-state index contributed by atoms with van der Waals surface area (Å²) in [5.74, 6) is -2.52. The highest BCUT2D eigenvalue weighted by molar-refractivity contribution is 6.00. The number of aromatic amines is 1. The van der Waals surface area contributed by atoms with Crippen LogP contribution in [0.4, 0.5) is 4.39 Å². The second kappa shape index (κ2) is 7.38. The van der Waals surface area contributed by atoms with Gasteiger partial charge in [0.05, 0.1) is 12.5 Å². The van der Waals surface area contributed by atoms with Gasteiger partial charge in [0.15, 0.2) is 0 Å². The molecule has 3 rings (SSSR count). The van der Waals surface area contributed by atoms with Crippen LogP contribution >= 0.6 is 0 Å². The van der Waals surface area contributed by atoms with Gasteiger partial charge in [0.2, 0.25) is 5.91 Å². The summed E-state index contributed by atoms with van der Waals surface area (Å²) in [6.07, 6.45) is 1.19. The molecule has 144 valence electrons. The predicted molar refractivity (Wildman–Crippen MR) is 96.9 cm³/mol. The highest BCUT2D eigenvalue weighted by Gasteiger charge is 2.29. The zero-order chi connectivity index (χ0) is 19.7. The number of aryl methyl sites for hydroxylation is 1. The molecule has 27 heavy (non-hydrogen) atoms. The molecule has 7 nitrogen and oxygen atoms in total. The number of carbonyl (C=O) groups excluding carboxylic acids is 2. The lowest BCUT2D eigenvalue weighted by Crippen LogP contribution is -2.46. The van der Waals surface area contributed by atoms with Crippen molar-refractivity contribution in [2.75, 3.05) is 26.7 Å². The molecule has 8 heteroatoms. The summed E-state index contributed by atoms with van der Waals surface area (Å²) in [7, 11) is 1.51. The van der Waals surface area contributed by atoms with E-state index in [-0.39, 0.29) is 36.4 Å². The van der Waals surface area contributed by atoms with Crippen molar-refractivity contribution in [3.63, 3.8) is 0 Å². The Kier molecular flexibility index (Phi) is 5.16. The minimum absolute atomic E-state index is 0.145. The van der Waals surface area contributed by atoms with Crippen molar-refractivity contribution in [1.29, 1.82) is 0 Å². The van der Waals surface area contributed by atoms with Crippen molar-refractivity contribution in [3.05, 3.63) is 35.3 Å². The Morgan fingerprint density at radius 2 is 2.07 bits per heavy atom. The van der Waals surface area contributed by atoms with E-state index in [1.165, 1.54) is 29.0 Å². The van der Waals surface area contributed by atoms with Crippen molar-refractivity contribution in [2.45, 2.75) is 19.8 Å². The van der Waals surface area contributed by atoms with Gasteiger partial charge in [-0.15, -0.1) is 0 Å². The molecular weight excluding hydrogens is 353 g/mol. The Morgan fingerprint density at radius 1 is 1.33 bits per heavy atom. The highest BCUT2D eigenvalue weighted by atomic mass is 19.1. The summed E-state index contributed by atoms with van der Waals surface area (Å²) in [4.78, 5) is 41.9. The van der Waals surface area contributed by atoms with E-state index >= 15 is 0 Å². The first-order valence-electron chi connectivity index (χ1n) is 8.81. The van der Waals surface area contributed by atoms with Crippen LogP contribution in [0.5, 0.6) is 0 Å². The van der Waals surface area contributed by atoms with E-state index in [1.807, 2.05) is 0 Å². The third-order valence-corrected chi connectivity index (χ3v) is 4.98. The monoisotopic (exact) mass is 375 g/mol. The van der Waals surface area contributed by atoms with E-state index in [0.29, 0.717) is 30.5 Å². The third kappa shape index (κ3) is 3.94. The fourth-order valence-corrected chi connectivity index (χ4v) is 3.48. The number of nitrogens with one attached hydrogen (secondary N) is 1. The number of amides is 2. The zero-order valence-electron chi connectivity index (χ0n) is 15.3. The molecule has 0 spiro atoms. The minimum Gasteiger partial charge on any atom is -0.481 e. The van der Waals surface area contributed by atoms with Crippen molar-refractivity contribution in [2.24, 2.45) is 5.92 Å². The smallest absolute Gasteiger partial charge is 0.308 e. The number of likely N-dealkylation sites (N-methyl/N-ethyl adjacent to an activating group) is 1. The van der Waals surface area contributed by atoms with Crippen LogP contribution in [-0.2, 0) is 9.59 Å². The van der Waals surface area contributed by atoms with Crippen LogP contribution in [0.15, 0.2) is 18.2 Å². The van der Waals surface area contributed by atoms with Crippen LogP contribution in [0.25, 0.3) is 10.9 Å². The molecule has 0 aliphatic carbocycles. The highest BCUT2D eigenvalue weighted by Crippen LogP contribution is 2.22. The van der Waals surface area contributed by atoms with E-state index in [4.69, 9.17) is 5.11 Å². The molecule has 0 saturated carbocycles. The van der Waals surface area contributed by atoms with Gasteiger partial charge in [-0.1, -0.05) is 0 Å². The molecule has 1 unspecified atom stereocenters. The Balaban J connectivity index is 1.69. The largest absolute Gasteiger partial charge is 0.481 e. The summed E-state index contributed by atoms with van der Waals surface area (Å²) in [6, 6.07) is 4.37.